The molecule has 0 saturated carbocycles. The third-order valence-electron chi connectivity index (χ3n) is 7.22. The number of carbonyl (C=O) groups is 1. The first-order valence-electron chi connectivity index (χ1n) is 12.2. The Kier molecular flexibility index (Phi) is 5.20. The zero-order valence-electron chi connectivity index (χ0n) is 20.5. The monoisotopic (exact) mass is 495 g/mol. The molecule has 1 aliphatic carbocycles. The van der Waals surface area contributed by atoms with Crippen LogP contribution in [-0.4, -0.2) is 10.4 Å². The van der Waals surface area contributed by atoms with E-state index in [0.717, 1.165) is 16.8 Å². The van der Waals surface area contributed by atoms with Crippen LogP contribution in [0.15, 0.2) is 88.9 Å². The van der Waals surface area contributed by atoms with Crippen LogP contribution in [0.2, 0.25) is 5.02 Å². The van der Waals surface area contributed by atoms with Crippen molar-refractivity contribution >= 4 is 28.3 Å². The van der Waals surface area contributed by atoms with Gasteiger partial charge in [-0.25, -0.2) is 0 Å². The largest absolute Gasteiger partial charge is 0.444 e. The summed E-state index contributed by atoms with van der Waals surface area (Å²) >= 11 is 6.41. The Labute approximate surface area is 214 Å². The van der Waals surface area contributed by atoms with E-state index >= 15 is 0 Å². The molecule has 36 heavy (non-hydrogen) atoms. The van der Waals surface area contributed by atoms with Crippen LogP contribution in [0, 0.1) is 12.3 Å². The number of fused-ring (bicyclic) bond motifs is 2. The third kappa shape index (κ3) is 3.59. The van der Waals surface area contributed by atoms with Crippen molar-refractivity contribution in [1.29, 1.82) is 0 Å². The van der Waals surface area contributed by atoms with Crippen LogP contribution < -0.4 is 10.2 Å². The predicted molar refractivity (Wildman–Crippen MR) is 143 cm³/mol. The van der Waals surface area contributed by atoms with Gasteiger partial charge in [-0.1, -0.05) is 73.5 Å². The molecule has 0 radical (unpaired) electrons. The lowest BCUT2D eigenvalue weighted by molar-refractivity contribution is -0.118. The van der Waals surface area contributed by atoms with Gasteiger partial charge in [0.2, 0.25) is 5.88 Å². The lowest BCUT2D eigenvalue weighted by Gasteiger charge is -2.39. The first kappa shape index (κ1) is 22.8. The van der Waals surface area contributed by atoms with Crippen LogP contribution >= 0.6 is 11.6 Å². The number of ether oxygens (including phenoxy) is 1. The number of ketones is 1. The van der Waals surface area contributed by atoms with Crippen molar-refractivity contribution in [2.45, 2.75) is 39.5 Å². The quantitative estimate of drug-likeness (QED) is 0.297. The molecule has 0 bridgehead atoms. The molecule has 5 heteroatoms. The summed E-state index contributed by atoms with van der Waals surface area (Å²) in [5, 5.41) is 1.07. The molecule has 1 unspecified atom stereocenters. The number of hydrogen-bond donors (Lipinski definition) is 0. The fraction of sp³-hybridized carbons (Fsp3) is 0.226. The molecule has 0 spiro atoms. The number of allylic oxidation sites excluding steroid dienone is 2. The maximum absolute atomic E-state index is 14.2. The Bertz CT molecular complexity index is 1630. The molecule has 2 heterocycles. The highest BCUT2D eigenvalue weighted by Crippen LogP contribution is 2.50. The van der Waals surface area contributed by atoms with Gasteiger partial charge in [0.05, 0.1) is 17.0 Å². The Morgan fingerprint density at radius 1 is 0.944 bits per heavy atom. The minimum absolute atomic E-state index is 0.0411. The molecule has 2 aliphatic rings. The van der Waals surface area contributed by atoms with E-state index < -0.39 is 5.92 Å². The SMILES string of the molecule is Cc1ccc(C2C3=C(CC(C)(C)CC3=O)Oc3c2c(=O)c2ccc(Cl)cc2n3-c2ccccc2)cc1. The Balaban J connectivity index is 1.76. The number of pyridine rings is 1. The zero-order chi connectivity index (χ0) is 25.2. The van der Waals surface area contributed by atoms with E-state index in [9.17, 15) is 9.59 Å². The summed E-state index contributed by atoms with van der Waals surface area (Å²) in [6.07, 6.45) is 1.04. The topological polar surface area (TPSA) is 48.3 Å². The third-order valence-corrected chi connectivity index (χ3v) is 7.46. The maximum atomic E-state index is 14.2. The van der Waals surface area contributed by atoms with E-state index in [0.29, 0.717) is 51.5 Å². The lowest BCUT2D eigenvalue weighted by Crippen LogP contribution is -2.36. The van der Waals surface area contributed by atoms with E-state index in [-0.39, 0.29) is 16.6 Å². The Hall–Kier alpha value is -3.63. The predicted octanol–water partition coefficient (Wildman–Crippen LogP) is 7.12. The van der Waals surface area contributed by atoms with E-state index in [1.165, 1.54) is 0 Å². The summed E-state index contributed by atoms with van der Waals surface area (Å²) in [6.45, 7) is 6.19. The number of nitrogens with zero attached hydrogens (tertiary/aromatic N) is 1. The van der Waals surface area contributed by atoms with E-state index in [4.69, 9.17) is 16.3 Å². The molecule has 0 N–H and O–H groups in total. The van der Waals surface area contributed by atoms with Gasteiger partial charge in [0.25, 0.3) is 0 Å². The second kappa shape index (κ2) is 8.21. The minimum Gasteiger partial charge on any atom is -0.444 e. The molecule has 1 aromatic heterocycles. The van der Waals surface area contributed by atoms with Crippen LogP contribution in [0.3, 0.4) is 0 Å². The first-order valence-corrected chi connectivity index (χ1v) is 12.6. The molecule has 1 aliphatic heterocycles. The van der Waals surface area contributed by atoms with Crippen molar-refractivity contribution in [2.24, 2.45) is 5.41 Å². The number of benzene rings is 3. The van der Waals surface area contributed by atoms with Crippen molar-refractivity contribution in [3.05, 3.63) is 116 Å². The van der Waals surface area contributed by atoms with Crippen LogP contribution in [-0.2, 0) is 4.79 Å². The normalized spacial score (nSPS) is 18.6. The highest BCUT2D eigenvalue weighted by atomic mass is 35.5. The molecule has 3 aromatic carbocycles. The standard InChI is InChI=1S/C31H26ClNO3/c1-18-9-11-19(12-10-18)26-27-24(34)16-31(2,3)17-25(27)36-30-28(26)29(35)22-14-13-20(32)15-23(22)33(30)21-7-5-4-6-8-21/h4-15,26H,16-17H2,1-3H3. The first-order chi connectivity index (χ1) is 17.2. The van der Waals surface area contributed by atoms with Gasteiger partial charge in [0, 0.05) is 34.5 Å². The summed E-state index contributed by atoms with van der Waals surface area (Å²) in [5.74, 6) is 0.644. The summed E-state index contributed by atoms with van der Waals surface area (Å²) in [5.41, 5.74) is 4.28. The van der Waals surface area contributed by atoms with Crippen LogP contribution in [0.25, 0.3) is 16.6 Å². The van der Waals surface area contributed by atoms with Crippen molar-refractivity contribution < 1.29 is 9.53 Å². The fourth-order valence-corrected chi connectivity index (χ4v) is 5.75. The summed E-state index contributed by atoms with van der Waals surface area (Å²) in [4.78, 5) is 27.8. The van der Waals surface area contributed by atoms with Gasteiger partial charge in [-0.05, 0) is 48.2 Å². The average molecular weight is 496 g/mol. The van der Waals surface area contributed by atoms with Crippen LogP contribution in [0.5, 0.6) is 5.88 Å². The van der Waals surface area contributed by atoms with Crippen LogP contribution in [0.4, 0.5) is 0 Å². The zero-order valence-corrected chi connectivity index (χ0v) is 21.2. The Morgan fingerprint density at radius 3 is 2.39 bits per heavy atom. The number of aryl methyl sites for hydroxylation is 1. The van der Waals surface area contributed by atoms with Gasteiger partial charge in [0.1, 0.15) is 5.76 Å². The molecular formula is C31H26ClNO3. The van der Waals surface area contributed by atoms with Crippen molar-refractivity contribution in [1.82, 2.24) is 4.57 Å². The van der Waals surface area contributed by atoms with Crippen molar-refractivity contribution in [3.8, 4) is 11.6 Å². The van der Waals surface area contributed by atoms with Gasteiger partial charge in [0.15, 0.2) is 11.2 Å². The van der Waals surface area contributed by atoms with Gasteiger partial charge in [-0.3, -0.25) is 14.2 Å². The average Bonchev–Trinajstić information content (AvgIpc) is 2.83. The van der Waals surface area contributed by atoms with Gasteiger partial charge in [-0.15, -0.1) is 0 Å². The van der Waals surface area contributed by atoms with Gasteiger partial charge < -0.3 is 4.74 Å². The number of aromatic nitrogens is 1. The van der Waals surface area contributed by atoms with E-state index in [1.807, 2.05) is 66.1 Å². The maximum Gasteiger partial charge on any atom is 0.212 e. The van der Waals surface area contributed by atoms with Crippen molar-refractivity contribution in [2.75, 3.05) is 0 Å². The molecule has 0 saturated heterocycles. The number of Topliss-reactive ketones (excluding diaryl/α,β-unsaturated/α-hetero) is 1. The number of para-hydroxylation sites is 1. The number of halogens is 1. The molecule has 4 aromatic rings. The summed E-state index contributed by atoms with van der Waals surface area (Å²) < 4.78 is 8.58. The highest BCUT2D eigenvalue weighted by Gasteiger charge is 2.44. The minimum atomic E-state index is -0.504. The number of carbonyl (C=O) groups excluding carboxylic acids is 1. The fourth-order valence-electron chi connectivity index (χ4n) is 5.59. The lowest BCUT2D eigenvalue weighted by atomic mass is 9.70. The number of rotatable bonds is 2. The molecule has 1 atom stereocenters. The molecule has 4 nitrogen and oxygen atoms in total. The molecule has 0 fully saturated rings. The number of hydrogen-bond acceptors (Lipinski definition) is 3. The molecule has 0 amide bonds. The molecule has 180 valence electrons. The molecular weight excluding hydrogens is 470 g/mol. The van der Waals surface area contributed by atoms with E-state index in [2.05, 4.69) is 13.8 Å². The smallest absolute Gasteiger partial charge is 0.212 e. The highest BCUT2D eigenvalue weighted by molar-refractivity contribution is 6.31. The second-order valence-electron chi connectivity index (χ2n) is 10.6. The van der Waals surface area contributed by atoms with Crippen molar-refractivity contribution in [3.63, 3.8) is 0 Å². The van der Waals surface area contributed by atoms with Gasteiger partial charge in [-0.2, -0.15) is 0 Å². The summed E-state index contributed by atoms with van der Waals surface area (Å²) in [6, 6.07) is 23.2. The van der Waals surface area contributed by atoms with Gasteiger partial charge >= 0.3 is 0 Å². The van der Waals surface area contributed by atoms with E-state index in [1.54, 1.807) is 18.2 Å². The van der Waals surface area contributed by atoms with Crippen LogP contribution in [0.1, 0.15) is 49.3 Å². The Morgan fingerprint density at radius 2 is 1.67 bits per heavy atom. The molecule has 6 rings (SSSR count). The summed E-state index contributed by atoms with van der Waals surface area (Å²) in [7, 11) is 0. The second-order valence-corrected chi connectivity index (χ2v) is 11.0.